The lowest BCUT2D eigenvalue weighted by molar-refractivity contribution is -0.114. The van der Waals surface area contributed by atoms with E-state index in [4.69, 9.17) is 0 Å². The van der Waals surface area contributed by atoms with Crippen molar-refractivity contribution in [3.05, 3.63) is 57.8 Å². The van der Waals surface area contributed by atoms with E-state index in [0.717, 1.165) is 30.5 Å². The van der Waals surface area contributed by atoms with Crippen LogP contribution in [0.15, 0.2) is 35.5 Å². The summed E-state index contributed by atoms with van der Waals surface area (Å²) in [6, 6.07) is 1.85. The van der Waals surface area contributed by atoms with Gasteiger partial charge in [-0.15, -0.1) is 0 Å². The number of aromatic nitrogens is 4. The normalized spacial score (nSPS) is 15.4. The van der Waals surface area contributed by atoms with Crippen LogP contribution in [-0.2, 0) is 17.8 Å². The number of nitrogens with one attached hydrogen (secondary N) is 1. The summed E-state index contributed by atoms with van der Waals surface area (Å²) >= 11 is 0. The lowest BCUT2D eigenvalue weighted by Crippen LogP contribution is -2.36. The van der Waals surface area contributed by atoms with E-state index in [0.29, 0.717) is 24.3 Å². The molecule has 10 nitrogen and oxygen atoms in total. The van der Waals surface area contributed by atoms with E-state index < -0.39 is 17.3 Å². The van der Waals surface area contributed by atoms with Crippen LogP contribution in [0.5, 0.6) is 5.88 Å². The fraction of sp³-hybridized carbons (Fsp3) is 0.375. The van der Waals surface area contributed by atoms with Crippen LogP contribution in [-0.4, -0.2) is 48.7 Å². The van der Waals surface area contributed by atoms with Gasteiger partial charge in [0.25, 0.3) is 17.4 Å². The molecule has 0 saturated heterocycles. The zero-order valence-corrected chi connectivity index (χ0v) is 19.1. The molecule has 0 bridgehead atoms. The Morgan fingerprint density at radius 3 is 2.82 bits per heavy atom. The van der Waals surface area contributed by atoms with Crippen molar-refractivity contribution < 1.29 is 14.7 Å². The predicted molar refractivity (Wildman–Crippen MR) is 126 cm³/mol. The Morgan fingerprint density at radius 2 is 2.09 bits per heavy atom. The summed E-state index contributed by atoms with van der Waals surface area (Å²) in [6.45, 7) is 4.79. The minimum atomic E-state index is -0.602. The molecule has 2 amide bonds. The molecule has 1 saturated carbocycles. The standard InChI is InChI=1S/C24H26N6O4/c1-14(2)13-29-22-16(3-6-19(31)28-10-8-15-11-25-9-7-18(15)28)12-26-30(22)24(34)20(23(29)33)21(32)27-17-4-5-17/h3,6-7,9,11-12,14,17,34H,4-5,8,10,13H2,1-2H3,(H,27,32). The number of carbonyl (C=O) groups excluding carboxylic acids is 2. The van der Waals surface area contributed by atoms with E-state index in [1.165, 1.54) is 21.4 Å². The van der Waals surface area contributed by atoms with Crippen molar-refractivity contribution >= 4 is 29.2 Å². The van der Waals surface area contributed by atoms with Gasteiger partial charge in [-0.25, -0.2) is 0 Å². The van der Waals surface area contributed by atoms with Gasteiger partial charge < -0.3 is 15.3 Å². The topological polar surface area (TPSA) is 122 Å². The van der Waals surface area contributed by atoms with Gasteiger partial charge >= 0.3 is 0 Å². The summed E-state index contributed by atoms with van der Waals surface area (Å²) in [5, 5.41) is 17.8. The first-order valence-electron chi connectivity index (χ1n) is 11.4. The molecule has 0 unspecified atom stereocenters. The SMILES string of the molecule is CC(C)Cn1c(=O)c(C(=O)NC2CC2)c(O)n2ncc(C=CC(=O)N3CCc4cnccc43)c12. The Kier molecular flexibility index (Phi) is 5.43. The molecule has 5 rings (SSSR count). The third-order valence-electron chi connectivity index (χ3n) is 6.04. The molecule has 1 aliphatic carbocycles. The van der Waals surface area contributed by atoms with Gasteiger partial charge in [0.05, 0.1) is 11.9 Å². The van der Waals surface area contributed by atoms with Crippen molar-refractivity contribution in [2.75, 3.05) is 11.4 Å². The first kappa shape index (κ1) is 21.9. The molecule has 2 N–H and O–H groups in total. The van der Waals surface area contributed by atoms with Crippen LogP contribution in [0.4, 0.5) is 5.69 Å². The van der Waals surface area contributed by atoms with E-state index in [1.807, 2.05) is 19.9 Å². The molecule has 34 heavy (non-hydrogen) atoms. The van der Waals surface area contributed by atoms with Crippen molar-refractivity contribution in [2.45, 2.75) is 45.7 Å². The van der Waals surface area contributed by atoms with Crippen LogP contribution in [0.1, 0.15) is 48.2 Å². The van der Waals surface area contributed by atoms with Crippen LogP contribution in [0.2, 0.25) is 0 Å². The maximum atomic E-state index is 13.3. The Balaban J connectivity index is 1.54. The maximum Gasteiger partial charge on any atom is 0.270 e. The Morgan fingerprint density at radius 1 is 1.29 bits per heavy atom. The minimum absolute atomic E-state index is 0.0363. The number of hydrogen-bond donors (Lipinski definition) is 2. The molecule has 176 valence electrons. The van der Waals surface area contributed by atoms with Gasteiger partial charge in [0.15, 0.2) is 5.56 Å². The first-order chi connectivity index (χ1) is 16.3. The average Bonchev–Trinajstić information content (AvgIpc) is 3.34. The number of pyridine rings is 1. The van der Waals surface area contributed by atoms with E-state index >= 15 is 0 Å². The number of hydrogen-bond acceptors (Lipinski definition) is 6. The second-order valence-electron chi connectivity index (χ2n) is 9.17. The maximum absolute atomic E-state index is 13.3. The number of fused-ring (bicyclic) bond motifs is 2. The van der Waals surface area contributed by atoms with Gasteiger partial charge in [0, 0.05) is 43.2 Å². The molecule has 0 radical (unpaired) electrons. The van der Waals surface area contributed by atoms with Crippen LogP contribution < -0.4 is 15.8 Å². The Hall–Kier alpha value is -3.95. The molecule has 10 heteroatoms. The second-order valence-corrected chi connectivity index (χ2v) is 9.17. The van der Waals surface area contributed by atoms with E-state index in [9.17, 15) is 19.5 Å². The largest absolute Gasteiger partial charge is 0.492 e. The van der Waals surface area contributed by atoms with Crippen molar-refractivity contribution in [1.29, 1.82) is 0 Å². The number of nitrogens with zero attached hydrogens (tertiary/aromatic N) is 5. The number of anilines is 1. The van der Waals surface area contributed by atoms with Crippen LogP contribution >= 0.6 is 0 Å². The molecule has 1 fully saturated rings. The number of rotatable bonds is 6. The second kappa shape index (κ2) is 8.44. The van der Waals surface area contributed by atoms with E-state index in [2.05, 4.69) is 15.4 Å². The van der Waals surface area contributed by atoms with Crippen LogP contribution in [0, 0.1) is 5.92 Å². The lowest BCUT2D eigenvalue weighted by atomic mass is 10.2. The Bertz CT molecular complexity index is 1380. The number of carbonyl (C=O) groups is 2. The molecule has 3 aromatic rings. The average molecular weight is 463 g/mol. The lowest BCUT2D eigenvalue weighted by Gasteiger charge is -2.16. The quantitative estimate of drug-likeness (QED) is 0.538. The van der Waals surface area contributed by atoms with Crippen molar-refractivity contribution in [2.24, 2.45) is 5.92 Å². The third-order valence-corrected chi connectivity index (χ3v) is 6.04. The highest BCUT2D eigenvalue weighted by Crippen LogP contribution is 2.27. The molecule has 4 heterocycles. The van der Waals surface area contributed by atoms with E-state index in [-0.39, 0.29) is 23.4 Å². The van der Waals surface area contributed by atoms with E-state index in [1.54, 1.807) is 23.4 Å². The molecule has 0 atom stereocenters. The van der Waals surface area contributed by atoms with Crippen molar-refractivity contribution in [3.63, 3.8) is 0 Å². The molecular weight excluding hydrogens is 436 g/mol. The summed E-state index contributed by atoms with van der Waals surface area (Å²) in [5.41, 5.74) is 1.77. The molecular formula is C24H26N6O4. The first-order valence-corrected chi connectivity index (χ1v) is 11.4. The van der Waals surface area contributed by atoms with Gasteiger partial charge in [-0.2, -0.15) is 9.61 Å². The summed E-state index contributed by atoms with van der Waals surface area (Å²) in [6.07, 6.45) is 10.4. The van der Waals surface area contributed by atoms with Gasteiger partial charge in [0.2, 0.25) is 5.88 Å². The van der Waals surface area contributed by atoms with Crippen LogP contribution in [0.3, 0.4) is 0 Å². The molecule has 1 aliphatic heterocycles. The fourth-order valence-electron chi connectivity index (χ4n) is 4.26. The summed E-state index contributed by atoms with van der Waals surface area (Å²) in [7, 11) is 0. The van der Waals surface area contributed by atoms with Gasteiger partial charge in [0.1, 0.15) is 5.65 Å². The number of amides is 2. The van der Waals surface area contributed by atoms with Gasteiger partial charge in [-0.05, 0) is 42.9 Å². The van der Waals surface area contributed by atoms with Crippen molar-refractivity contribution in [1.82, 2.24) is 24.5 Å². The third kappa shape index (κ3) is 3.85. The van der Waals surface area contributed by atoms with Crippen molar-refractivity contribution in [3.8, 4) is 5.88 Å². The molecule has 3 aromatic heterocycles. The molecule has 0 aromatic carbocycles. The van der Waals surface area contributed by atoms with Crippen LogP contribution in [0.25, 0.3) is 11.7 Å². The van der Waals surface area contributed by atoms with Gasteiger partial charge in [-0.3, -0.25) is 23.9 Å². The smallest absolute Gasteiger partial charge is 0.270 e. The zero-order valence-electron chi connectivity index (χ0n) is 19.1. The summed E-state index contributed by atoms with van der Waals surface area (Å²) in [4.78, 5) is 44.7. The molecule has 0 spiro atoms. The van der Waals surface area contributed by atoms with Gasteiger partial charge in [-0.1, -0.05) is 13.8 Å². The zero-order chi connectivity index (χ0) is 24.0. The fourth-order valence-corrected chi connectivity index (χ4v) is 4.26. The highest BCUT2D eigenvalue weighted by molar-refractivity contribution is 6.05. The summed E-state index contributed by atoms with van der Waals surface area (Å²) in [5.74, 6) is -1.22. The highest BCUT2D eigenvalue weighted by Gasteiger charge is 2.30. The minimum Gasteiger partial charge on any atom is -0.492 e. The summed E-state index contributed by atoms with van der Waals surface area (Å²) < 4.78 is 2.63. The molecule has 2 aliphatic rings. The number of aromatic hydroxyl groups is 1. The predicted octanol–water partition coefficient (Wildman–Crippen LogP) is 1.75. The highest BCUT2D eigenvalue weighted by atomic mass is 16.3. The monoisotopic (exact) mass is 462 g/mol. The Labute approximate surface area is 195 Å².